The van der Waals surface area contributed by atoms with Crippen LogP contribution in [0.5, 0.6) is 11.5 Å². The summed E-state index contributed by atoms with van der Waals surface area (Å²) in [6.07, 6.45) is 0.809. The van der Waals surface area contributed by atoms with Crippen molar-refractivity contribution in [3.8, 4) is 11.5 Å². The second-order valence-corrected chi connectivity index (χ2v) is 7.75. The van der Waals surface area contributed by atoms with E-state index in [4.69, 9.17) is 9.47 Å². The lowest BCUT2D eigenvalue weighted by molar-refractivity contribution is -0.113. The van der Waals surface area contributed by atoms with E-state index in [2.05, 4.69) is 10.3 Å². The number of carbonyl (C=O) groups excluding carboxylic acids is 1. The molecule has 0 bridgehead atoms. The molecule has 0 radical (unpaired) electrons. The molecule has 2 heterocycles. The molecule has 28 heavy (non-hydrogen) atoms. The number of rotatable bonds is 8. The van der Waals surface area contributed by atoms with Crippen molar-refractivity contribution in [3.63, 3.8) is 0 Å². The average Bonchev–Trinajstić information content (AvgIpc) is 3.17. The van der Waals surface area contributed by atoms with E-state index < -0.39 is 0 Å². The molecule has 1 N–H and O–H groups in total. The largest absolute Gasteiger partial charge is 0.493 e. The molecule has 0 aliphatic rings. The molecule has 1 aromatic carbocycles. The van der Waals surface area contributed by atoms with Gasteiger partial charge in [-0.1, -0.05) is 18.7 Å². The Labute approximate surface area is 170 Å². The van der Waals surface area contributed by atoms with E-state index >= 15 is 0 Å². The van der Waals surface area contributed by atoms with Gasteiger partial charge in [-0.2, -0.15) is 0 Å². The summed E-state index contributed by atoms with van der Waals surface area (Å²) >= 11 is 2.64. The molecule has 3 rings (SSSR count). The maximum atomic E-state index is 12.7. The monoisotopic (exact) mass is 419 g/mol. The summed E-state index contributed by atoms with van der Waals surface area (Å²) in [5.74, 6) is 1.07. The number of thioether (sulfide) groups is 1. The Kier molecular flexibility index (Phi) is 6.58. The number of hydrogen-bond acceptors (Lipinski definition) is 7. The van der Waals surface area contributed by atoms with Gasteiger partial charge in [0.15, 0.2) is 16.7 Å². The van der Waals surface area contributed by atoms with Crippen molar-refractivity contribution in [1.29, 1.82) is 0 Å². The van der Waals surface area contributed by atoms with Crippen molar-refractivity contribution in [2.24, 2.45) is 0 Å². The lowest BCUT2D eigenvalue weighted by Gasteiger charge is -2.12. The third-order valence-corrected chi connectivity index (χ3v) is 5.85. The first-order valence-electron chi connectivity index (χ1n) is 8.70. The van der Waals surface area contributed by atoms with Gasteiger partial charge in [0.1, 0.15) is 4.70 Å². The second kappa shape index (κ2) is 9.11. The standard InChI is InChI=1S/C19H21N3O4S2/c1-4-8-22-18(24)17-13(7-9-27-17)21-19(22)28-11-16(23)20-12-5-6-14(25-2)15(10-12)26-3/h5-7,9-10H,4,8,11H2,1-3H3,(H,20,23). The Morgan fingerprint density at radius 3 is 2.75 bits per heavy atom. The highest BCUT2D eigenvalue weighted by Crippen LogP contribution is 2.30. The van der Waals surface area contributed by atoms with Crippen LogP contribution in [0.3, 0.4) is 0 Å². The molecule has 9 heteroatoms. The Balaban J connectivity index is 1.74. The first-order valence-corrected chi connectivity index (χ1v) is 10.6. The third-order valence-electron chi connectivity index (χ3n) is 3.98. The van der Waals surface area contributed by atoms with E-state index in [1.165, 1.54) is 23.1 Å². The normalized spacial score (nSPS) is 10.8. The zero-order chi connectivity index (χ0) is 20.1. The highest BCUT2D eigenvalue weighted by atomic mass is 32.2. The molecule has 0 saturated carbocycles. The number of methoxy groups -OCH3 is 2. The number of nitrogens with zero attached hydrogens (tertiary/aromatic N) is 2. The maximum absolute atomic E-state index is 12.7. The van der Waals surface area contributed by atoms with Crippen LogP contribution in [0.25, 0.3) is 10.2 Å². The minimum absolute atomic E-state index is 0.0513. The number of aromatic nitrogens is 2. The van der Waals surface area contributed by atoms with Crippen molar-refractivity contribution in [1.82, 2.24) is 9.55 Å². The SMILES string of the molecule is CCCn1c(SCC(=O)Nc2ccc(OC)c(OC)c2)nc2ccsc2c1=O. The summed E-state index contributed by atoms with van der Waals surface area (Å²) in [4.78, 5) is 29.6. The number of nitrogens with one attached hydrogen (secondary N) is 1. The second-order valence-electron chi connectivity index (χ2n) is 5.89. The van der Waals surface area contributed by atoms with Crippen LogP contribution in [0.1, 0.15) is 13.3 Å². The van der Waals surface area contributed by atoms with Gasteiger partial charge in [-0.15, -0.1) is 11.3 Å². The van der Waals surface area contributed by atoms with Crippen LogP contribution in [-0.4, -0.2) is 35.4 Å². The molecule has 148 valence electrons. The molecule has 0 aliphatic heterocycles. The van der Waals surface area contributed by atoms with Crippen molar-refractivity contribution in [2.45, 2.75) is 25.0 Å². The smallest absolute Gasteiger partial charge is 0.272 e. The van der Waals surface area contributed by atoms with E-state index in [1.54, 1.807) is 37.0 Å². The molecule has 0 saturated heterocycles. The minimum Gasteiger partial charge on any atom is -0.493 e. The van der Waals surface area contributed by atoms with Gasteiger partial charge >= 0.3 is 0 Å². The number of anilines is 1. The van der Waals surface area contributed by atoms with E-state index in [-0.39, 0.29) is 17.2 Å². The van der Waals surface area contributed by atoms with Gasteiger partial charge in [-0.3, -0.25) is 14.2 Å². The molecular weight excluding hydrogens is 398 g/mol. The summed E-state index contributed by atoms with van der Waals surface area (Å²) in [7, 11) is 3.10. The molecule has 7 nitrogen and oxygen atoms in total. The highest BCUT2D eigenvalue weighted by Gasteiger charge is 2.14. The first kappa shape index (κ1) is 20.2. The predicted octanol–water partition coefficient (Wildman–Crippen LogP) is 3.62. The van der Waals surface area contributed by atoms with Crippen molar-refractivity contribution in [3.05, 3.63) is 40.0 Å². The third kappa shape index (κ3) is 4.31. The fraction of sp³-hybridized carbons (Fsp3) is 0.316. The number of hydrogen-bond donors (Lipinski definition) is 1. The van der Waals surface area contributed by atoms with E-state index in [9.17, 15) is 9.59 Å². The van der Waals surface area contributed by atoms with Gasteiger partial charge in [0.25, 0.3) is 5.56 Å². The van der Waals surface area contributed by atoms with Crippen LogP contribution < -0.4 is 20.3 Å². The van der Waals surface area contributed by atoms with E-state index in [1.807, 2.05) is 18.4 Å². The van der Waals surface area contributed by atoms with Crippen molar-refractivity contribution < 1.29 is 14.3 Å². The van der Waals surface area contributed by atoms with Crippen molar-refractivity contribution >= 4 is 44.9 Å². The number of thiophene rings is 1. The number of carbonyl (C=O) groups is 1. The van der Waals surface area contributed by atoms with E-state index in [0.717, 1.165) is 6.42 Å². The maximum Gasteiger partial charge on any atom is 0.272 e. The Hall–Kier alpha value is -2.52. The summed E-state index contributed by atoms with van der Waals surface area (Å²) in [6.45, 7) is 2.57. The molecule has 0 fully saturated rings. The molecule has 3 aromatic rings. The van der Waals surface area contributed by atoms with Crippen LogP contribution in [0.15, 0.2) is 39.6 Å². The molecule has 0 spiro atoms. The summed E-state index contributed by atoms with van der Waals surface area (Å²) in [6, 6.07) is 6.99. The molecule has 1 amide bonds. The van der Waals surface area contributed by atoms with Crippen LogP contribution in [0, 0.1) is 0 Å². The molecule has 0 atom stereocenters. The zero-order valence-corrected chi connectivity index (χ0v) is 17.5. The highest BCUT2D eigenvalue weighted by molar-refractivity contribution is 7.99. The average molecular weight is 420 g/mol. The molecular formula is C19H21N3O4S2. The minimum atomic E-state index is -0.195. The lowest BCUT2D eigenvalue weighted by Crippen LogP contribution is -2.23. The van der Waals surface area contributed by atoms with Gasteiger partial charge in [0.2, 0.25) is 5.91 Å². The number of fused-ring (bicyclic) bond motifs is 1. The Morgan fingerprint density at radius 2 is 2.04 bits per heavy atom. The van der Waals surface area contributed by atoms with E-state index in [0.29, 0.717) is 39.1 Å². The van der Waals surface area contributed by atoms with Crippen LogP contribution >= 0.6 is 23.1 Å². The van der Waals surface area contributed by atoms with Gasteiger partial charge < -0.3 is 14.8 Å². The quantitative estimate of drug-likeness (QED) is 0.444. The molecule has 0 unspecified atom stereocenters. The van der Waals surface area contributed by atoms with Crippen LogP contribution in [0.2, 0.25) is 0 Å². The lowest BCUT2D eigenvalue weighted by atomic mass is 10.2. The van der Waals surface area contributed by atoms with Crippen LogP contribution in [-0.2, 0) is 11.3 Å². The topological polar surface area (TPSA) is 82.5 Å². The Bertz CT molecular complexity index is 1050. The fourth-order valence-electron chi connectivity index (χ4n) is 2.70. The van der Waals surface area contributed by atoms with Gasteiger partial charge in [0, 0.05) is 18.3 Å². The van der Waals surface area contributed by atoms with Crippen molar-refractivity contribution in [2.75, 3.05) is 25.3 Å². The van der Waals surface area contributed by atoms with Crippen LogP contribution in [0.4, 0.5) is 5.69 Å². The number of ether oxygens (including phenoxy) is 2. The van der Waals surface area contributed by atoms with Gasteiger partial charge in [-0.25, -0.2) is 4.98 Å². The Morgan fingerprint density at radius 1 is 1.25 bits per heavy atom. The summed E-state index contributed by atoms with van der Waals surface area (Å²) in [5.41, 5.74) is 1.23. The number of amides is 1. The van der Waals surface area contributed by atoms with Gasteiger partial charge in [-0.05, 0) is 30.0 Å². The molecule has 0 aliphatic carbocycles. The number of benzene rings is 1. The summed E-state index contributed by atoms with van der Waals surface area (Å²) < 4.78 is 12.7. The zero-order valence-electron chi connectivity index (χ0n) is 15.9. The fourth-order valence-corrected chi connectivity index (χ4v) is 4.30. The summed E-state index contributed by atoms with van der Waals surface area (Å²) in [5, 5.41) is 5.24. The predicted molar refractivity (Wildman–Crippen MR) is 113 cm³/mol. The van der Waals surface area contributed by atoms with Gasteiger partial charge in [0.05, 0.1) is 25.5 Å². The first-order chi connectivity index (χ1) is 13.6. The molecule has 2 aromatic heterocycles.